The third-order valence-electron chi connectivity index (χ3n) is 1.99. The molecule has 1 aromatic heterocycles. The summed E-state index contributed by atoms with van der Waals surface area (Å²) in [5, 5.41) is 3.32. The zero-order valence-corrected chi connectivity index (χ0v) is 6.96. The van der Waals surface area contributed by atoms with E-state index in [2.05, 4.69) is 10.3 Å². The number of aromatic nitrogens is 1. The van der Waals surface area contributed by atoms with Gasteiger partial charge in [-0.15, -0.1) is 0 Å². The van der Waals surface area contributed by atoms with Crippen LogP contribution < -0.4 is 11.1 Å². The molecule has 0 spiro atoms. The van der Waals surface area contributed by atoms with Gasteiger partial charge in [-0.25, -0.2) is 4.98 Å². The van der Waals surface area contributed by atoms with E-state index >= 15 is 0 Å². The molecule has 2 rings (SSSR count). The van der Waals surface area contributed by atoms with Crippen LogP contribution in [0.5, 0.6) is 0 Å². The van der Waals surface area contributed by atoms with E-state index in [0.29, 0.717) is 12.6 Å². The molecule has 1 aliphatic carbocycles. The fraction of sp³-hybridized carbons (Fsp3) is 0.444. The summed E-state index contributed by atoms with van der Waals surface area (Å²) in [6.45, 7) is 0.566. The molecule has 12 heavy (non-hydrogen) atoms. The summed E-state index contributed by atoms with van der Waals surface area (Å²) in [5.41, 5.74) is 6.53. The van der Waals surface area contributed by atoms with Gasteiger partial charge >= 0.3 is 0 Å². The number of hydrogen-bond acceptors (Lipinski definition) is 3. The van der Waals surface area contributed by atoms with Gasteiger partial charge in [-0.2, -0.15) is 0 Å². The smallest absolute Gasteiger partial charge is 0.126 e. The maximum atomic E-state index is 5.45. The lowest BCUT2D eigenvalue weighted by atomic mass is 10.3. The van der Waals surface area contributed by atoms with E-state index in [-0.39, 0.29) is 0 Å². The molecule has 0 bridgehead atoms. The van der Waals surface area contributed by atoms with Crippen molar-refractivity contribution in [1.29, 1.82) is 0 Å². The number of nitrogens with zero attached hydrogens (tertiary/aromatic N) is 1. The molecule has 64 valence electrons. The summed E-state index contributed by atoms with van der Waals surface area (Å²) in [6.07, 6.45) is 4.38. The molecule has 0 aromatic carbocycles. The Labute approximate surface area is 72.0 Å². The highest BCUT2D eigenvalue weighted by Crippen LogP contribution is 2.23. The van der Waals surface area contributed by atoms with Gasteiger partial charge in [0.1, 0.15) is 5.82 Å². The van der Waals surface area contributed by atoms with Crippen molar-refractivity contribution in [2.45, 2.75) is 25.4 Å². The van der Waals surface area contributed by atoms with Crippen LogP contribution in [0.4, 0.5) is 5.82 Å². The Hall–Kier alpha value is -1.09. The molecule has 0 atom stereocenters. The Kier molecular flexibility index (Phi) is 1.96. The van der Waals surface area contributed by atoms with Gasteiger partial charge in [0.2, 0.25) is 0 Å². The van der Waals surface area contributed by atoms with Gasteiger partial charge in [-0.05, 0) is 24.5 Å². The molecule has 3 heteroatoms. The van der Waals surface area contributed by atoms with E-state index in [4.69, 9.17) is 5.73 Å². The highest BCUT2D eigenvalue weighted by atomic mass is 15.0. The van der Waals surface area contributed by atoms with E-state index in [0.717, 1.165) is 11.4 Å². The van der Waals surface area contributed by atoms with Crippen LogP contribution in [0.2, 0.25) is 0 Å². The first-order valence-electron chi connectivity index (χ1n) is 4.30. The third-order valence-corrected chi connectivity index (χ3v) is 1.99. The summed E-state index contributed by atoms with van der Waals surface area (Å²) in [7, 11) is 0. The summed E-state index contributed by atoms with van der Waals surface area (Å²) < 4.78 is 0. The van der Waals surface area contributed by atoms with E-state index in [1.54, 1.807) is 0 Å². The zero-order valence-electron chi connectivity index (χ0n) is 6.96. The monoisotopic (exact) mass is 163 g/mol. The van der Waals surface area contributed by atoms with Crippen molar-refractivity contribution < 1.29 is 0 Å². The summed E-state index contributed by atoms with van der Waals surface area (Å²) in [5.74, 6) is 0.967. The SMILES string of the molecule is NCc1ccc(NC2CC2)nc1. The largest absolute Gasteiger partial charge is 0.367 e. The van der Waals surface area contributed by atoms with Crippen molar-refractivity contribution in [3.05, 3.63) is 23.9 Å². The number of rotatable bonds is 3. The Morgan fingerprint density at radius 3 is 2.83 bits per heavy atom. The van der Waals surface area contributed by atoms with E-state index in [1.807, 2.05) is 18.3 Å². The number of anilines is 1. The second kappa shape index (κ2) is 3.11. The third kappa shape index (κ3) is 1.74. The van der Waals surface area contributed by atoms with Gasteiger partial charge in [0.15, 0.2) is 0 Å². The van der Waals surface area contributed by atoms with Crippen molar-refractivity contribution in [2.75, 3.05) is 5.32 Å². The first-order valence-corrected chi connectivity index (χ1v) is 4.30. The van der Waals surface area contributed by atoms with Crippen molar-refractivity contribution in [3.8, 4) is 0 Å². The predicted molar refractivity (Wildman–Crippen MR) is 48.8 cm³/mol. The quantitative estimate of drug-likeness (QED) is 0.702. The van der Waals surface area contributed by atoms with Gasteiger partial charge in [-0.3, -0.25) is 0 Å². The topological polar surface area (TPSA) is 50.9 Å². The lowest BCUT2D eigenvalue weighted by Crippen LogP contribution is -2.03. The van der Waals surface area contributed by atoms with Crippen LogP contribution in [0.3, 0.4) is 0 Å². The molecule has 0 unspecified atom stereocenters. The van der Waals surface area contributed by atoms with Crippen LogP contribution in [0.25, 0.3) is 0 Å². The standard InChI is InChI=1S/C9H13N3/c10-5-7-1-4-9(11-6-7)12-8-2-3-8/h1,4,6,8H,2-3,5,10H2,(H,11,12). The molecule has 1 aromatic rings. The summed E-state index contributed by atoms with van der Waals surface area (Å²) >= 11 is 0. The maximum absolute atomic E-state index is 5.45. The van der Waals surface area contributed by atoms with Crippen molar-refractivity contribution in [3.63, 3.8) is 0 Å². The number of pyridine rings is 1. The van der Waals surface area contributed by atoms with Crippen molar-refractivity contribution in [1.82, 2.24) is 4.98 Å². The highest BCUT2D eigenvalue weighted by molar-refractivity contribution is 5.37. The van der Waals surface area contributed by atoms with E-state index < -0.39 is 0 Å². The number of nitrogens with one attached hydrogen (secondary N) is 1. The van der Waals surface area contributed by atoms with Gasteiger partial charge in [0.05, 0.1) is 0 Å². The number of nitrogens with two attached hydrogens (primary N) is 1. The fourth-order valence-electron chi connectivity index (χ4n) is 1.07. The average Bonchev–Trinajstić information content (AvgIpc) is 2.90. The molecular weight excluding hydrogens is 150 g/mol. The molecular formula is C9H13N3. The van der Waals surface area contributed by atoms with Crippen LogP contribution >= 0.6 is 0 Å². The minimum Gasteiger partial charge on any atom is -0.367 e. The average molecular weight is 163 g/mol. The molecule has 0 radical (unpaired) electrons. The zero-order chi connectivity index (χ0) is 8.39. The highest BCUT2D eigenvalue weighted by Gasteiger charge is 2.20. The van der Waals surface area contributed by atoms with Crippen LogP contribution in [0, 0.1) is 0 Å². The molecule has 3 nitrogen and oxygen atoms in total. The normalized spacial score (nSPS) is 16.1. The minimum absolute atomic E-state index is 0.566. The van der Waals surface area contributed by atoms with Crippen molar-refractivity contribution in [2.24, 2.45) is 5.73 Å². The summed E-state index contributed by atoms with van der Waals surface area (Å²) in [4.78, 5) is 4.24. The second-order valence-corrected chi connectivity index (χ2v) is 3.17. The molecule has 0 amide bonds. The Balaban J connectivity index is 2.02. The Morgan fingerprint density at radius 1 is 1.50 bits per heavy atom. The number of hydrogen-bond donors (Lipinski definition) is 2. The lowest BCUT2D eigenvalue weighted by molar-refractivity contribution is 1.04. The first-order chi connectivity index (χ1) is 5.88. The van der Waals surface area contributed by atoms with Gasteiger partial charge in [0.25, 0.3) is 0 Å². The second-order valence-electron chi connectivity index (χ2n) is 3.17. The molecule has 1 fully saturated rings. The molecule has 1 saturated carbocycles. The van der Waals surface area contributed by atoms with E-state index in [9.17, 15) is 0 Å². The minimum atomic E-state index is 0.566. The first kappa shape index (κ1) is 7.55. The molecule has 0 aliphatic heterocycles. The maximum Gasteiger partial charge on any atom is 0.126 e. The van der Waals surface area contributed by atoms with E-state index in [1.165, 1.54) is 12.8 Å². The van der Waals surface area contributed by atoms with Crippen LogP contribution in [-0.2, 0) is 6.54 Å². The van der Waals surface area contributed by atoms with Crippen LogP contribution in [0.1, 0.15) is 18.4 Å². The predicted octanol–water partition coefficient (Wildman–Crippen LogP) is 1.11. The molecule has 1 heterocycles. The Bertz CT molecular complexity index is 251. The lowest BCUT2D eigenvalue weighted by Gasteiger charge is -2.02. The van der Waals surface area contributed by atoms with Crippen LogP contribution in [0.15, 0.2) is 18.3 Å². The van der Waals surface area contributed by atoms with Gasteiger partial charge < -0.3 is 11.1 Å². The van der Waals surface area contributed by atoms with Gasteiger partial charge in [0, 0.05) is 18.8 Å². The summed E-state index contributed by atoms with van der Waals surface area (Å²) in [6, 6.07) is 4.67. The van der Waals surface area contributed by atoms with Crippen LogP contribution in [-0.4, -0.2) is 11.0 Å². The van der Waals surface area contributed by atoms with Gasteiger partial charge in [-0.1, -0.05) is 6.07 Å². The molecule has 3 N–H and O–H groups in total. The fourth-order valence-corrected chi connectivity index (χ4v) is 1.07. The molecule has 0 saturated heterocycles. The Morgan fingerprint density at radius 2 is 2.33 bits per heavy atom. The molecule has 1 aliphatic rings. The van der Waals surface area contributed by atoms with Crippen molar-refractivity contribution >= 4 is 5.82 Å².